The molecular formula is C31H37F3N8O9S. The minimum atomic E-state index is -5.20. The minimum Gasteiger partial charge on any atom is -0.465 e. The van der Waals surface area contributed by atoms with Crippen LogP contribution in [-0.4, -0.2) is 94.1 Å². The number of benzene rings is 1. The average Bonchev–Trinajstić information content (AvgIpc) is 3.00. The van der Waals surface area contributed by atoms with Crippen LogP contribution in [0.1, 0.15) is 63.2 Å². The van der Waals surface area contributed by atoms with Crippen molar-refractivity contribution in [2.45, 2.75) is 65.5 Å². The molecule has 1 aromatic carbocycles. The second-order valence-electron chi connectivity index (χ2n) is 13.0. The molecule has 0 aliphatic carbocycles. The molecule has 52 heavy (non-hydrogen) atoms. The maximum atomic E-state index is 14.6. The van der Waals surface area contributed by atoms with Gasteiger partial charge in [0.05, 0.1) is 18.5 Å². The lowest BCUT2D eigenvalue weighted by molar-refractivity contribution is -0.137. The number of hydrogen-bond acceptors (Lipinski definition) is 12. The first-order chi connectivity index (χ1) is 23.7. The van der Waals surface area contributed by atoms with E-state index >= 15 is 0 Å². The van der Waals surface area contributed by atoms with Gasteiger partial charge in [-0.3, -0.25) is 19.0 Å². The number of sulfonamides is 1. The molecule has 0 spiro atoms. The van der Waals surface area contributed by atoms with E-state index in [2.05, 4.69) is 19.9 Å². The maximum Gasteiger partial charge on any atom is 0.421 e. The van der Waals surface area contributed by atoms with E-state index in [1.165, 1.54) is 53.7 Å². The Kier molecular flexibility index (Phi) is 11.7. The Labute approximate surface area is 297 Å². The quantitative estimate of drug-likeness (QED) is 0.304. The minimum absolute atomic E-state index is 0.123. The molecule has 17 nitrogen and oxygen atoms in total. The van der Waals surface area contributed by atoms with Crippen molar-refractivity contribution in [1.82, 2.24) is 24.8 Å². The van der Waals surface area contributed by atoms with E-state index in [4.69, 9.17) is 9.47 Å². The van der Waals surface area contributed by atoms with Crippen molar-refractivity contribution in [3.05, 3.63) is 59.7 Å². The molecule has 1 N–H and O–H groups in total. The maximum absolute atomic E-state index is 14.6. The number of anilines is 4. The van der Waals surface area contributed by atoms with Gasteiger partial charge in [0.25, 0.3) is 5.91 Å². The zero-order valence-corrected chi connectivity index (χ0v) is 30.4. The zero-order valence-electron chi connectivity index (χ0n) is 29.6. The number of aromatic nitrogens is 4. The predicted octanol–water partition coefficient (Wildman–Crippen LogP) is 5.45. The van der Waals surface area contributed by atoms with Crippen LogP contribution in [-0.2, 0) is 32.2 Å². The number of nitrogens with zero attached hydrogens (tertiary/aromatic N) is 8. The Morgan fingerprint density at radius 2 is 1.37 bits per heavy atom. The van der Waals surface area contributed by atoms with Crippen LogP contribution in [0, 0.1) is 0 Å². The van der Waals surface area contributed by atoms with E-state index in [1.807, 2.05) is 0 Å². The number of halogens is 3. The highest BCUT2D eigenvalue weighted by atomic mass is 32.2. The van der Waals surface area contributed by atoms with E-state index in [0.29, 0.717) is 25.2 Å². The fourth-order valence-electron chi connectivity index (χ4n) is 4.10. The molecule has 2 heterocycles. The van der Waals surface area contributed by atoms with Crippen molar-refractivity contribution in [3.63, 3.8) is 0 Å². The highest BCUT2D eigenvalue weighted by molar-refractivity contribution is 7.92. The fraction of sp³-hybridized carbons (Fsp3) is 0.419. The van der Waals surface area contributed by atoms with E-state index < -0.39 is 75.5 Å². The van der Waals surface area contributed by atoms with Crippen molar-refractivity contribution in [2.75, 3.05) is 34.5 Å². The number of hydrogen-bond donors (Lipinski definition) is 1. The normalized spacial score (nSPS) is 12.1. The van der Waals surface area contributed by atoms with Gasteiger partial charge in [0.15, 0.2) is 11.6 Å². The number of carboxylic acid groups (broad SMARTS) is 1. The van der Waals surface area contributed by atoms with Gasteiger partial charge in [-0.15, -0.1) is 0 Å². The van der Waals surface area contributed by atoms with Gasteiger partial charge in [-0.05, 0) is 65.8 Å². The Morgan fingerprint density at radius 1 is 0.827 bits per heavy atom. The highest BCUT2D eigenvalue weighted by Gasteiger charge is 2.41. The van der Waals surface area contributed by atoms with E-state index in [0.717, 1.165) is 44.9 Å². The third-order valence-corrected chi connectivity index (χ3v) is 7.69. The number of ether oxygens (including phenoxy) is 2. The summed E-state index contributed by atoms with van der Waals surface area (Å²) in [4.78, 5) is 68.6. The molecule has 21 heteroatoms. The van der Waals surface area contributed by atoms with Crippen molar-refractivity contribution >= 4 is 57.5 Å². The molecule has 4 amide bonds. The number of imide groups is 1. The van der Waals surface area contributed by atoms with Crippen molar-refractivity contribution in [2.24, 2.45) is 0 Å². The number of rotatable bonds is 8. The molecule has 0 unspecified atom stereocenters. The van der Waals surface area contributed by atoms with Gasteiger partial charge < -0.3 is 14.6 Å². The monoisotopic (exact) mass is 754 g/mol. The first-order valence-electron chi connectivity index (χ1n) is 15.0. The largest absolute Gasteiger partial charge is 0.465 e. The molecule has 0 radical (unpaired) electrons. The van der Waals surface area contributed by atoms with E-state index in [9.17, 15) is 45.9 Å². The predicted molar refractivity (Wildman–Crippen MR) is 180 cm³/mol. The van der Waals surface area contributed by atoms with Crippen molar-refractivity contribution < 1.29 is 55.3 Å². The summed E-state index contributed by atoms with van der Waals surface area (Å²) < 4.78 is 80.3. The van der Waals surface area contributed by atoms with Crippen LogP contribution in [0.4, 0.5) is 50.8 Å². The van der Waals surface area contributed by atoms with Crippen LogP contribution in [0.5, 0.6) is 0 Å². The van der Waals surface area contributed by atoms with E-state index in [-0.39, 0.29) is 22.8 Å². The van der Waals surface area contributed by atoms with E-state index in [1.54, 1.807) is 0 Å². The molecule has 0 fully saturated rings. The Balaban J connectivity index is 2.34. The van der Waals surface area contributed by atoms with Crippen LogP contribution in [0.25, 0.3) is 0 Å². The summed E-state index contributed by atoms with van der Waals surface area (Å²) in [5, 5.41) is 9.17. The van der Waals surface area contributed by atoms with Gasteiger partial charge >= 0.3 is 24.5 Å². The SMILES string of the molecule is CN(C(=O)O)C(=O)c1ccc(N(C(=O)OC(C)(C)C)c2ncc(C(F)(F)F)c(N(Cc3nccnc3N(C)S(C)(=O)=O)C(=O)OC(C)(C)C)n2)cc1. The molecule has 3 rings (SSSR count). The number of carbonyl (C=O) groups is 4. The van der Waals surface area contributed by atoms with Crippen LogP contribution in [0.2, 0.25) is 0 Å². The third kappa shape index (κ3) is 10.2. The summed E-state index contributed by atoms with van der Waals surface area (Å²) in [7, 11) is -1.83. The lowest BCUT2D eigenvalue weighted by Gasteiger charge is -2.30. The van der Waals surface area contributed by atoms with Crippen LogP contribution in [0.15, 0.2) is 42.9 Å². The summed E-state index contributed by atoms with van der Waals surface area (Å²) in [5.74, 6) is -3.09. The van der Waals surface area contributed by atoms with Gasteiger partial charge in [-0.2, -0.15) is 18.2 Å². The number of alkyl halides is 3. The Morgan fingerprint density at radius 3 is 1.87 bits per heavy atom. The lowest BCUT2D eigenvalue weighted by Crippen LogP contribution is -2.40. The standard InChI is InChI=1S/C31H37F3N8O9S/c1-29(2,3)50-27(46)41(17-21-23(36-15-14-35-21)40(8)52(9,48)49)22-20(31(32,33)34)16-37-25(38-22)42(28(47)51-30(4,5)6)19-12-10-18(11-13-19)24(43)39(7)26(44)45/h10-16H,17H2,1-9H3,(H,44,45). The second kappa shape index (κ2) is 14.9. The summed E-state index contributed by atoms with van der Waals surface area (Å²) >= 11 is 0. The molecule has 0 aliphatic rings. The third-order valence-electron chi connectivity index (χ3n) is 6.53. The summed E-state index contributed by atoms with van der Waals surface area (Å²) in [6, 6.07) is 4.65. The first kappa shape index (κ1) is 40.8. The molecule has 0 saturated carbocycles. The molecule has 3 aromatic rings. The van der Waals surface area contributed by atoms with Crippen molar-refractivity contribution in [1.29, 1.82) is 0 Å². The topological polar surface area (TPSA) is 206 Å². The molecule has 0 saturated heterocycles. The number of carbonyl (C=O) groups excluding carboxylic acids is 3. The van der Waals surface area contributed by atoms with Gasteiger partial charge in [0.2, 0.25) is 16.0 Å². The van der Waals surface area contributed by atoms with Crippen LogP contribution in [0.3, 0.4) is 0 Å². The van der Waals surface area contributed by atoms with Crippen LogP contribution < -0.4 is 14.1 Å². The second-order valence-corrected chi connectivity index (χ2v) is 15.1. The molecule has 2 aromatic heterocycles. The summed E-state index contributed by atoms with van der Waals surface area (Å²) in [6.07, 6.45) is -5.84. The zero-order chi connectivity index (χ0) is 39.6. The molecule has 0 atom stereocenters. The lowest BCUT2D eigenvalue weighted by atomic mass is 10.1. The van der Waals surface area contributed by atoms with Crippen molar-refractivity contribution in [3.8, 4) is 0 Å². The summed E-state index contributed by atoms with van der Waals surface area (Å²) in [6.45, 7) is 8.05. The first-order valence-corrected chi connectivity index (χ1v) is 16.9. The molecule has 0 bridgehead atoms. The highest BCUT2D eigenvalue weighted by Crippen LogP contribution is 2.38. The van der Waals surface area contributed by atoms with Gasteiger partial charge in [0, 0.05) is 38.2 Å². The smallest absolute Gasteiger partial charge is 0.421 e. The van der Waals surface area contributed by atoms with Crippen LogP contribution >= 0.6 is 0 Å². The summed E-state index contributed by atoms with van der Waals surface area (Å²) in [5.41, 5.74) is -4.49. The average molecular weight is 755 g/mol. The fourth-order valence-corrected chi connectivity index (χ4v) is 4.57. The molecule has 282 valence electrons. The number of amides is 4. The Hall–Kier alpha value is -5.60. The molecular weight excluding hydrogens is 717 g/mol. The van der Waals surface area contributed by atoms with Gasteiger partial charge in [0.1, 0.15) is 22.5 Å². The van der Waals surface area contributed by atoms with Gasteiger partial charge in [-0.25, -0.2) is 42.6 Å². The Bertz CT molecular complexity index is 1950. The van der Waals surface area contributed by atoms with Gasteiger partial charge in [-0.1, -0.05) is 0 Å². The molecule has 0 aliphatic heterocycles.